The molecule has 0 aliphatic carbocycles. The van der Waals surface area contributed by atoms with E-state index in [0.29, 0.717) is 5.88 Å². The Kier molecular flexibility index (Phi) is 4.16. The lowest BCUT2D eigenvalue weighted by molar-refractivity contribution is 0.390. The van der Waals surface area contributed by atoms with E-state index in [1.54, 1.807) is 7.11 Å². The lowest BCUT2D eigenvalue weighted by Crippen LogP contribution is -2.19. The Morgan fingerprint density at radius 3 is 2.68 bits per heavy atom. The number of nitrogens with zero attached hydrogens (tertiary/aromatic N) is 2. The van der Waals surface area contributed by atoms with Gasteiger partial charge in [-0.25, -0.2) is 4.98 Å². The van der Waals surface area contributed by atoms with Crippen molar-refractivity contribution in [2.24, 2.45) is 0 Å². The molecule has 0 radical (unpaired) electrons. The summed E-state index contributed by atoms with van der Waals surface area (Å²) in [5.41, 5.74) is 3.17. The van der Waals surface area contributed by atoms with Gasteiger partial charge in [0.15, 0.2) is 0 Å². The normalized spacial score (nSPS) is 12.4. The van der Waals surface area contributed by atoms with Gasteiger partial charge in [0.2, 0.25) is 5.88 Å². The van der Waals surface area contributed by atoms with Gasteiger partial charge in [-0.05, 0) is 26.3 Å². The largest absolute Gasteiger partial charge is 0.481 e. The first-order valence-corrected chi connectivity index (χ1v) is 6.27. The number of methoxy groups -OCH3 is 1. The molecule has 1 atom stereocenters. The summed E-state index contributed by atoms with van der Waals surface area (Å²) in [4.78, 5) is 4.18. The molecule has 2 aromatic rings. The first kappa shape index (κ1) is 13.5. The Morgan fingerprint density at radius 2 is 2.16 bits per heavy atom. The lowest BCUT2D eigenvalue weighted by Gasteiger charge is -2.13. The zero-order chi connectivity index (χ0) is 13.8. The number of hydrogen-bond donors (Lipinski definition) is 1. The van der Waals surface area contributed by atoms with E-state index in [1.807, 2.05) is 32.2 Å². The third kappa shape index (κ3) is 3.12. The first-order chi connectivity index (χ1) is 9.11. The summed E-state index contributed by atoms with van der Waals surface area (Å²) in [6.07, 6.45) is 1.81. The molecule has 0 aliphatic heterocycles. The molecule has 0 saturated carbocycles. The molecule has 1 unspecified atom stereocenters. The van der Waals surface area contributed by atoms with Crippen LogP contribution in [-0.4, -0.2) is 17.3 Å². The quantitative estimate of drug-likeness (QED) is 0.896. The first-order valence-electron chi connectivity index (χ1n) is 6.27. The fourth-order valence-electron chi connectivity index (χ4n) is 2.12. The van der Waals surface area contributed by atoms with Crippen molar-refractivity contribution in [3.63, 3.8) is 0 Å². The van der Waals surface area contributed by atoms with Crippen LogP contribution in [0.1, 0.15) is 35.5 Å². The molecule has 0 aliphatic rings. The molecule has 1 N–H and O–H groups in total. The number of ether oxygens (including phenoxy) is 1. The zero-order valence-corrected chi connectivity index (χ0v) is 11.7. The maximum atomic E-state index is 5.18. The van der Waals surface area contributed by atoms with Gasteiger partial charge in [-0.3, -0.25) is 0 Å². The number of aryl methyl sites for hydroxylation is 2. The Labute approximate surface area is 113 Å². The number of pyridine rings is 1. The topological polar surface area (TPSA) is 60.2 Å². The summed E-state index contributed by atoms with van der Waals surface area (Å²) in [5, 5.41) is 7.41. The fraction of sp³-hybridized carbons (Fsp3) is 0.429. The second kappa shape index (κ2) is 5.84. The minimum absolute atomic E-state index is 0.188. The maximum absolute atomic E-state index is 5.18. The minimum atomic E-state index is 0.188. The van der Waals surface area contributed by atoms with Gasteiger partial charge in [-0.1, -0.05) is 11.2 Å². The molecule has 0 fully saturated rings. The van der Waals surface area contributed by atoms with Crippen molar-refractivity contribution in [3.8, 4) is 5.88 Å². The molecule has 2 heterocycles. The van der Waals surface area contributed by atoms with E-state index in [1.165, 1.54) is 0 Å². The molecule has 5 heteroatoms. The van der Waals surface area contributed by atoms with Crippen LogP contribution in [0.3, 0.4) is 0 Å². The summed E-state index contributed by atoms with van der Waals surface area (Å²) in [5.74, 6) is 1.49. The summed E-state index contributed by atoms with van der Waals surface area (Å²) >= 11 is 0. The molecule has 2 aromatic heterocycles. The molecular formula is C14H19N3O2. The molecule has 0 aromatic carbocycles. The SMILES string of the molecule is COc1ccc(CNC(C)c2c(C)noc2C)cn1. The average Bonchev–Trinajstić information content (AvgIpc) is 2.76. The van der Waals surface area contributed by atoms with Crippen LogP contribution in [0.4, 0.5) is 0 Å². The number of hydrogen-bond acceptors (Lipinski definition) is 5. The average molecular weight is 261 g/mol. The number of rotatable bonds is 5. The van der Waals surface area contributed by atoms with E-state index in [9.17, 15) is 0 Å². The lowest BCUT2D eigenvalue weighted by atomic mass is 10.1. The van der Waals surface area contributed by atoms with Crippen molar-refractivity contribution in [1.29, 1.82) is 0 Å². The summed E-state index contributed by atoms with van der Waals surface area (Å²) in [6, 6.07) is 4.05. The molecule has 0 amide bonds. The highest BCUT2D eigenvalue weighted by molar-refractivity contribution is 5.25. The van der Waals surface area contributed by atoms with Crippen molar-refractivity contribution < 1.29 is 9.26 Å². The van der Waals surface area contributed by atoms with Crippen LogP contribution in [0, 0.1) is 13.8 Å². The minimum Gasteiger partial charge on any atom is -0.481 e. The monoisotopic (exact) mass is 261 g/mol. The van der Waals surface area contributed by atoms with Gasteiger partial charge in [0.25, 0.3) is 0 Å². The van der Waals surface area contributed by atoms with E-state index >= 15 is 0 Å². The van der Waals surface area contributed by atoms with E-state index < -0.39 is 0 Å². The van der Waals surface area contributed by atoms with Gasteiger partial charge < -0.3 is 14.6 Å². The van der Waals surface area contributed by atoms with Crippen molar-refractivity contribution in [2.45, 2.75) is 33.4 Å². The highest BCUT2D eigenvalue weighted by Gasteiger charge is 2.15. The molecule has 5 nitrogen and oxygen atoms in total. The maximum Gasteiger partial charge on any atom is 0.212 e. The molecule has 102 valence electrons. The van der Waals surface area contributed by atoms with E-state index in [-0.39, 0.29) is 6.04 Å². The third-order valence-electron chi connectivity index (χ3n) is 3.14. The summed E-state index contributed by atoms with van der Waals surface area (Å²) in [7, 11) is 1.61. The van der Waals surface area contributed by atoms with Gasteiger partial charge in [0.1, 0.15) is 5.76 Å². The van der Waals surface area contributed by atoms with Crippen LogP contribution in [0.5, 0.6) is 5.88 Å². The Hall–Kier alpha value is -1.88. The van der Waals surface area contributed by atoms with E-state index in [4.69, 9.17) is 9.26 Å². The standard InChI is InChI=1S/C14H19N3O2/c1-9(14-10(2)17-19-11(14)3)15-7-12-5-6-13(18-4)16-8-12/h5-6,8-9,15H,7H2,1-4H3. The van der Waals surface area contributed by atoms with Crippen LogP contribution < -0.4 is 10.1 Å². The van der Waals surface area contributed by atoms with Crippen LogP contribution in [-0.2, 0) is 6.54 Å². The van der Waals surface area contributed by atoms with Crippen molar-refractivity contribution in [3.05, 3.63) is 40.9 Å². The molecule has 2 rings (SSSR count). The molecule has 19 heavy (non-hydrogen) atoms. The Bertz CT molecular complexity index is 515. The Balaban J connectivity index is 1.98. The van der Waals surface area contributed by atoms with Gasteiger partial charge in [0, 0.05) is 30.4 Å². The van der Waals surface area contributed by atoms with Crippen molar-refractivity contribution >= 4 is 0 Å². The summed E-state index contributed by atoms with van der Waals surface area (Å²) < 4.78 is 10.2. The second-order valence-electron chi connectivity index (χ2n) is 4.55. The van der Waals surface area contributed by atoms with Gasteiger partial charge in [-0.15, -0.1) is 0 Å². The Morgan fingerprint density at radius 1 is 1.37 bits per heavy atom. The second-order valence-corrected chi connectivity index (χ2v) is 4.55. The number of nitrogens with one attached hydrogen (secondary N) is 1. The van der Waals surface area contributed by atoms with E-state index in [2.05, 4.69) is 22.4 Å². The van der Waals surface area contributed by atoms with Crippen molar-refractivity contribution in [2.75, 3.05) is 7.11 Å². The van der Waals surface area contributed by atoms with Crippen LogP contribution >= 0.6 is 0 Å². The smallest absolute Gasteiger partial charge is 0.212 e. The van der Waals surface area contributed by atoms with Gasteiger partial charge in [0.05, 0.1) is 12.8 Å². The molecular weight excluding hydrogens is 242 g/mol. The van der Waals surface area contributed by atoms with E-state index in [0.717, 1.165) is 29.1 Å². The zero-order valence-electron chi connectivity index (χ0n) is 11.7. The highest BCUT2D eigenvalue weighted by Crippen LogP contribution is 2.21. The highest BCUT2D eigenvalue weighted by atomic mass is 16.5. The molecule has 0 bridgehead atoms. The van der Waals surface area contributed by atoms with Crippen LogP contribution in [0.25, 0.3) is 0 Å². The fourth-order valence-corrected chi connectivity index (χ4v) is 2.12. The van der Waals surface area contributed by atoms with Crippen molar-refractivity contribution in [1.82, 2.24) is 15.5 Å². The predicted molar refractivity (Wildman–Crippen MR) is 72.0 cm³/mol. The predicted octanol–water partition coefficient (Wildman–Crippen LogP) is 2.55. The van der Waals surface area contributed by atoms with Gasteiger partial charge in [-0.2, -0.15) is 0 Å². The van der Waals surface area contributed by atoms with Crippen LogP contribution in [0.15, 0.2) is 22.9 Å². The van der Waals surface area contributed by atoms with Gasteiger partial charge >= 0.3 is 0 Å². The third-order valence-corrected chi connectivity index (χ3v) is 3.14. The molecule has 0 spiro atoms. The molecule has 0 saturated heterocycles. The van der Waals surface area contributed by atoms with Crippen LogP contribution in [0.2, 0.25) is 0 Å². The summed E-state index contributed by atoms with van der Waals surface area (Å²) in [6.45, 7) is 6.73. The number of aromatic nitrogens is 2.